The van der Waals surface area contributed by atoms with Crippen molar-refractivity contribution < 1.29 is 9.53 Å². The lowest BCUT2D eigenvalue weighted by atomic mass is 9.88. The van der Waals surface area contributed by atoms with Crippen LogP contribution in [-0.4, -0.2) is 34.9 Å². The highest BCUT2D eigenvalue weighted by Crippen LogP contribution is 2.33. The Morgan fingerprint density at radius 1 is 1.24 bits per heavy atom. The molecule has 0 aliphatic heterocycles. The number of hydrogen-bond acceptors (Lipinski definition) is 5. The van der Waals surface area contributed by atoms with Gasteiger partial charge in [-0.2, -0.15) is 0 Å². The first-order valence-corrected chi connectivity index (χ1v) is 13.2. The van der Waals surface area contributed by atoms with Crippen molar-refractivity contribution in [1.82, 2.24) is 20.2 Å². The first-order chi connectivity index (χ1) is 17.9. The van der Waals surface area contributed by atoms with Gasteiger partial charge in [0.25, 0.3) is 0 Å². The lowest BCUT2D eigenvalue weighted by molar-refractivity contribution is -0.126. The molecule has 1 aliphatic rings. The van der Waals surface area contributed by atoms with Crippen molar-refractivity contribution in [3.63, 3.8) is 0 Å². The van der Waals surface area contributed by atoms with E-state index in [0.29, 0.717) is 17.3 Å². The molecule has 1 amide bonds. The third-order valence-electron chi connectivity index (χ3n) is 6.86. The van der Waals surface area contributed by atoms with Gasteiger partial charge in [-0.15, -0.1) is 0 Å². The number of halogens is 1. The van der Waals surface area contributed by atoms with Crippen molar-refractivity contribution in [2.45, 2.75) is 52.2 Å². The van der Waals surface area contributed by atoms with E-state index in [1.807, 2.05) is 39.2 Å². The maximum absolute atomic E-state index is 12.7. The van der Waals surface area contributed by atoms with Gasteiger partial charge < -0.3 is 15.0 Å². The number of para-hydroxylation sites is 1. The second-order valence-electron chi connectivity index (χ2n) is 9.75. The van der Waals surface area contributed by atoms with Crippen molar-refractivity contribution >= 4 is 34.1 Å². The van der Waals surface area contributed by atoms with E-state index in [9.17, 15) is 4.79 Å². The van der Waals surface area contributed by atoms with Gasteiger partial charge in [0.2, 0.25) is 5.91 Å². The number of hydrogen-bond donors (Lipinski definition) is 1. The Balaban J connectivity index is 1.59. The molecular weight excluding hydrogens is 484 g/mol. The standard InChI is InChI=1S/C30H35ClN4O2/c1-5-10-27(35(3)4)24-15-20(2)34-29-23(24)13-9-14-28(29)37-19-25-22(16-32-18-26(25)31)17-33-30(36)21-11-7-6-8-12-21/h5,9-10,13-16,18,21H,1,6-8,11-12,17,19H2,2-4H3,(H,33,36)/b27-10-. The Hall–Kier alpha value is -3.38. The van der Waals surface area contributed by atoms with E-state index in [4.69, 9.17) is 21.3 Å². The summed E-state index contributed by atoms with van der Waals surface area (Å²) in [5, 5.41) is 4.59. The smallest absolute Gasteiger partial charge is 0.223 e. The Morgan fingerprint density at radius 3 is 2.76 bits per heavy atom. The van der Waals surface area contributed by atoms with E-state index in [-0.39, 0.29) is 18.4 Å². The maximum Gasteiger partial charge on any atom is 0.223 e. The molecule has 1 N–H and O–H groups in total. The zero-order valence-corrected chi connectivity index (χ0v) is 22.6. The minimum atomic E-state index is 0.0991. The molecule has 1 saturated carbocycles. The van der Waals surface area contributed by atoms with Crippen LogP contribution >= 0.6 is 11.6 Å². The SMILES string of the molecule is C=C/C=C(/c1cc(C)nc2c(OCc3c(Cl)cncc3CNC(=O)C3CCCCC3)cccc12)N(C)C. The van der Waals surface area contributed by atoms with Crippen LogP contribution in [0.5, 0.6) is 5.75 Å². The fourth-order valence-electron chi connectivity index (χ4n) is 4.93. The van der Waals surface area contributed by atoms with Crippen LogP contribution in [0.25, 0.3) is 16.6 Å². The van der Waals surface area contributed by atoms with Crippen LogP contribution in [-0.2, 0) is 17.9 Å². The van der Waals surface area contributed by atoms with Gasteiger partial charge in [0.05, 0.1) is 5.02 Å². The lowest BCUT2D eigenvalue weighted by Crippen LogP contribution is -2.31. The molecule has 2 heterocycles. The quantitative estimate of drug-likeness (QED) is 0.329. The molecular formula is C30H35ClN4O2. The Morgan fingerprint density at radius 2 is 2.03 bits per heavy atom. The highest BCUT2D eigenvalue weighted by molar-refractivity contribution is 6.31. The van der Waals surface area contributed by atoms with Crippen molar-refractivity contribution in [3.05, 3.63) is 82.8 Å². The molecule has 0 bridgehead atoms. The fraction of sp³-hybridized carbons (Fsp3) is 0.367. The summed E-state index contributed by atoms with van der Waals surface area (Å²) in [5.74, 6) is 0.878. The number of benzene rings is 1. The number of aryl methyl sites for hydroxylation is 1. The third-order valence-corrected chi connectivity index (χ3v) is 7.18. The number of carbonyl (C=O) groups is 1. The Kier molecular flexibility index (Phi) is 8.82. The van der Waals surface area contributed by atoms with Gasteiger partial charge in [0.1, 0.15) is 17.9 Å². The predicted molar refractivity (Wildman–Crippen MR) is 150 cm³/mol. The van der Waals surface area contributed by atoms with Crippen LogP contribution < -0.4 is 10.1 Å². The highest BCUT2D eigenvalue weighted by atomic mass is 35.5. The molecule has 37 heavy (non-hydrogen) atoms. The molecule has 4 rings (SSSR count). The molecule has 0 atom stereocenters. The summed E-state index contributed by atoms with van der Waals surface area (Å²) in [6, 6.07) is 8.02. The van der Waals surface area contributed by atoms with Crippen molar-refractivity contribution in [3.8, 4) is 5.75 Å². The molecule has 1 aromatic carbocycles. The largest absolute Gasteiger partial charge is 0.487 e. The number of nitrogens with zero attached hydrogens (tertiary/aromatic N) is 3. The summed E-state index contributed by atoms with van der Waals surface area (Å²) < 4.78 is 6.32. The molecule has 6 nitrogen and oxygen atoms in total. The number of ether oxygens (including phenoxy) is 1. The van der Waals surface area contributed by atoms with Crippen molar-refractivity contribution in [2.75, 3.05) is 14.1 Å². The number of fused-ring (bicyclic) bond motifs is 1. The van der Waals surface area contributed by atoms with Crippen LogP contribution in [0.1, 0.15) is 54.5 Å². The summed E-state index contributed by atoms with van der Waals surface area (Å²) in [6.45, 7) is 6.46. The number of rotatable bonds is 9. The normalized spacial score (nSPS) is 14.4. The van der Waals surface area contributed by atoms with Gasteiger partial charge in [0.15, 0.2) is 0 Å². The second-order valence-corrected chi connectivity index (χ2v) is 10.2. The monoisotopic (exact) mass is 518 g/mol. The number of carbonyl (C=O) groups excluding carboxylic acids is 1. The van der Waals surface area contributed by atoms with Gasteiger partial charge in [0, 0.05) is 66.9 Å². The number of amides is 1. The second kappa shape index (κ2) is 12.2. The summed E-state index contributed by atoms with van der Waals surface area (Å²) in [6.07, 6.45) is 12.5. The van der Waals surface area contributed by atoms with E-state index in [0.717, 1.165) is 64.7 Å². The predicted octanol–water partition coefficient (Wildman–Crippen LogP) is 6.46. The van der Waals surface area contributed by atoms with E-state index >= 15 is 0 Å². The van der Waals surface area contributed by atoms with Crippen LogP contribution in [0.2, 0.25) is 5.02 Å². The maximum atomic E-state index is 12.7. The molecule has 0 unspecified atom stereocenters. The molecule has 3 aromatic rings. The molecule has 2 aromatic heterocycles. The molecule has 1 aliphatic carbocycles. The molecule has 7 heteroatoms. The van der Waals surface area contributed by atoms with Crippen molar-refractivity contribution in [1.29, 1.82) is 0 Å². The van der Waals surface area contributed by atoms with Crippen LogP contribution in [0.15, 0.2) is 55.4 Å². The van der Waals surface area contributed by atoms with E-state index in [1.54, 1.807) is 18.5 Å². The third kappa shape index (κ3) is 6.31. The van der Waals surface area contributed by atoms with Crippen LogP contribution in [0.3, 0.4) is 0 Å². The zero-order valence-electron chi connectivity index (χ0n) is 21.9. The Bertz CT molecular complexity index is 1310. The summed E-state index contributed by atoms with van der Waals surface area (Å²) >= 11 is 6.55. The summed E-state index contributed by atoms with van der Waals surface area (Å²) in [4.78, 5) is 23.8. The average Bonchev–Trinajstić information content (AvgIpc) is 2.89. The minimum Gasteiger partial charge on any atom is -0.487 e. The molecule has 0 radical (unpaired) electrons. The summed E-state index contributed by atoms with van der Waals surface area (Å²) in [5.41, 5.74) is 5.44. The van der Waals surface area contributed by atoms with Gasteiger partial charge in [-0.05, 0) is 43.5 Å². The first-order valence-electron chi connectivity index (χ1n) is 12.8. The van der Waals surface area contributed by atoms with Gasteiger partial charge in [-0.25, -0.2) is 4.98 Å². The van der Waals surface area contributed by atoms with Crippen LogP contribution in [0, 0.1) is 12.8 Å². The fourth-order valence-corrected chi connectivity index (χ4v) is 5.16. The van der Waals surface area contributed by atoms with Crippen molar-refractivity contribution in [2.24, 2.45) is 5.92 Å². The van der Waals surface area contributed by atoms with E-state index in [1.165, 1.54) is 6.42 Å². The van der Waals surface area contributed by atoms with Gasteiger partial charge in [-0.3, -0.25) is 9.78 Å². The number of aromatic nitrogens is 2. The number of pyridine rings is 2. The first kappa shape index (κ1) is 26.7. The van der Waals surface area contributed by atoms with E-state index < -0.39 is 0 Å². The minimum absolute atomic E-state index is 0.0991. The molecule has 0 saturated heterocycles. The highest BCUT2D eigenvalue weighted by Gasteiger charge is 2.21. The molecule has 0 spiro atoms. The molecule has 1 fully saturated rings. The number of nitrogens with one attached hydrogen (secondary N) is 1. The lowest BCUT2D eigenvalue weighted by Gasteiger charge is -2.21. The average molecular weight is 519 g/mol. The van der Waals surface area contributed by atoms with Crippen LogP contribution in [0.4, 0.5) is 0 Å². The van der Waals surface area contributed by atoms with Gasteiger partial charge >= 0.3 is 0 Å². The number of allylic oxidation sites excluding steroid dienone is 2. The Labute approximate surface area is 224 Å². The molecule has 194 valence electrons. The zero-order chi connectivity index (χ0) is 26.4. The summed E-state index contributed by atoms with van der Waals surface area (Å²) in [7, 11) is 4.02. The topological polar surface area (TPSA) is 67.4 Å². The van der Waals surface area contributed by atoms with Gasteiger partial charge in [-0.1, -0.05) is 55.7 Å². The van der Waals surface area contributed by atoms with E-state index in [2.05, 4.69) is 33.9 Å².